The number of carbonyl (C=O) groups is 2. The van der Waals surface area contributed by atoms with Crippen LogP contribution in [-0.2, 0) is 14.3 Å². The summed E-state index contributed by atoms with van der Waals surface area (Å²) in [6, 6.07) is 0. The third-order valence-corrected chi connectivity index (χ3v) is 5.81. The van der Waals surface area contributed by atoms with Crippen LogP contribution in [0.5, 0.6) is 0 Å². The second-order valence-corrected chi connectivity index (χ2v) is 6.08. The number of fused-ring (bicyclic) bond motifs is 3. The normalized spacial score (nSPS) is 44.3. The summed E-state index contributed by atoms with van der Waals surface area (Å²) < 4.78 is 4.61. The lowest BCUT2D eigenvalue weighted by molar-refractivity contribution is -0.210. The summed E-state index contributed by atoms with van der Waals surface area (Å²) in [4.78, 5) is 23.4. The first-order valence-electron chi connectivity index (χ1n) is 5.63. The van der Waals surface area contributed by atoms with Gasteiger partial charge in [0, 0.05) is 0 Å². The second-order valence-electron chi connectivity index (χ2n) is 6.08. The molecule has 0 aromatic heterocycles. The van der Waals surface area contributed by atoms with Crippen LogP contribution in [0.4, 0.5) is 0 Å². The predicted octanol–water partition coefficient (Wildman–Crippen LogP) is 1.90. The van der Waals surface area contributed by atoms with Crippen molar-refractivity contribution in [3.8, 4) is 0 Å². The maximum atomic E-state index is 11.7. The van der Waals surface area contributed by atoms with Gasteiger partial charge in [0.1, 0.15) is 0 Å². The molecule has 82 valence electrons. The van der Waals surface area contributed by atoms with E-state index in [1.807, 2.05) is 0 Å². The minimum atomic E-state index is -0.778. The van der Waals surface area contributed by atoms with Gasteiger partial charge < -0.3 is 4.74 Å². The molecule has 0 aromatic carbocycles. The summed E-state index contributed by atoms with van der Waals surface area (Å²) in [6.45, 7) is 6.48. The Hall–Kier alpha value is -0.860. The molecule has 3 aliphatic rings. The number of cyclic esters (lactones) is 2. The Kier molecular flexibility index (Phi) is 1.33. The number of esters is 2. The molecule has 1 saturated heterocycles. The van der Waals surface area contributed by atoms with Crippen LogP contribution in [-0.4, -0.2) is 11.9 Å². The first-order valence-corrected chi connectivity index (χ1v) is 5.63. The lowest BCUT2D eigenvalue weighted by Crippen LogP contribution is -2.61. The molecular formula is C12H16O3. The minimum absolute atomic E-state index is 0.0854. The van der Waals surface area contributed by atoms with Gasteiger partial charge in [-0.15, -0.1) is 0 Å². The average Bonchev–Trinajstić information content (AvgIpc) is 2.48. The maximum absolute atomic E-state index is 11.7. The molecule has 2 saturated carbocycles. The third kappa shape index (κ3) is 0.649. The van der Waals surface area contributed by atoms with E-state index in [0.29, 0.717) is 12.3 Å². The van der Waals surface area contributed by atoms with Crippen molar-refractivity contribution >= 4 is 11.9 Å². The Balaban J connectivity index is 2.17. The van der Waals surface area contributed by atoms with Crippen LogP contribution in [0.3, 0.4) is 0 Å². The standard InChI is InChI=1S/C12H16O3/c1-10(2)7-4-5-11(10,3)12(6-7)8(13)15-9(12)14/h7H,4-6H2,1-3H3. The number of hydrogen-bond acceptors (Lipinski definition) is 3. The van der Waals surface area contributed by atoms with Gasteiger partial charge in [-0.3, -0.25) is 9.59 Å². The van der Waals surface area contributed by atoms with Crippen LogP contribution in [0, 0.1) is 22.2 Å². The van der Waals surface area contributed by atoms with Crippen molar-refractivity contribution in [1.82, 2.24) is 0 Å². The Morgan fingerprint density at radius 2 is 1.80 bits per heavy atom. The van der Waals surface area contributed by atoms with Crippen molar-refractivity contribution in [3.63, 3.8) is 0 Å². The Labute approximate surface area is 89.2 Å². The average molecular weight is 208 g/mol. The van der Waals surface area contributed by atoms with Crippen LogP contribution in [0.25, 0.3) is 0 Å². The van der Waals surface area contributed by atoms with Gasteiger partial charge in [-0.25, -0.2) is 0 Å². The maximum Gasteiger partial charge on any atom is 0.331 e. The molecule has 3 rings (SSSR count). The first kappa shape index (κ1) is 9.37. The summed E-state index contributed by atoms with van der Waals surface area (Å²) in [5, 5.41) is 0. The molecule has 2 unspecified atom stereocenters. The number of ether oxygens (including phenoxy) is 1. The number of rotatable bonds is 0. The lowest BCUT2D eigenvalue weighted by atomic mass is 9.56. The van der Waals surface area contributed by atoms with E-state index in [-0.39, 0.29) is 22.8 Å². The number of hydrogen-bond donors (Lipinski definition) is 0. The summed E-state index contributed by atoms with van der Waals surface area (Å²) in [7, 11) is 0. The zero-order valence-electron chi connectivity index (χ0n) is 9.42. The zero-order chi connectivity index (χ0) is 11.1. The van der Waals surface area contributed by atoms with E-state index in [2.05, 4.69) is 25.5 Å². The summed E-state index contributed by atoms with van der Waals surface area (Å²) in [6.07, 6.45) is 2.84. The van der Waals surface area contributed by atoms with Crippen LogP contribution in [0.1, 0.15) is 40.0 Å². The summed E-state index contributed by atoms with van der Waals surface area (Å²) in [5.74, 6) is -0.0464. The van der Waals surface area contributed by atoms with E-state index in [1.54, 1.807) is 0 Å². The molecule has 15 heavy (non-hydrogen) atoms. The molecular weight excluding hydrogens is 192 g/mol. The molecule has 2 bridgehead atoms. The van der Waals surface area contributed by atoms with Gasteiger partial charge in [-0.2, -0.15) is 0 Å². The highest BCUT2D eigenvalue weighted by Crippen LogP contribution is 2.75. The van der Waals surface area contributed by atoms with Gasteiger partial charge in [0.15, 0.2) is 5.41 Å². The Bertz CT molecular complexity index is 368. The number of carbonyl (C=O) groups excluding carboxylic acids is 2. The van der Waals surface area contributed by atoms with Gasteiger partial charge in [0.2, 0.25) is 0 Å². The highest BCUT2D eigenvalue weighted by Gasteiger charge is 2.80. The van der Waals surface area contributed by atoms with Gasteiger partial charge in [-0.1, -0.05) is 20.8 Å². The fourth-order valence-electron chi connectivity index (χ4n) is 4.22. The van der Waals surface area contributed by atoms with Crippen LogP contribution in [0.2, 0.25) is 0 Å². The molecule has 0 aromatic rings. The van der Waals surface area contributed by atoms with Crippen molar-refractivity contribution < 1.29 is 14.3 Å². The van der Waals surface area contributed by atoms with Crippen molar-refractivity contribution in [1.29, 1.82) is 0 Å². The van der Waals surface area contributed by atoms with Crippen molar-refractivity contribution in [2.45, 2.75) is 40.0 Å². The molecule has 1 spiro atoms. The Morgan fingerprint density at radius 1 is 1.20 bits per heavy atom. The van der Waals surface area contributed by atoms with Crippen LogP contribution in [0.15, 0.2) is 0 Å². The van der Waals surface area contributed by atoms with E-state index < -0.39 is 5.41 Å². The van der Waals surface area contributed by atoms with E-state index in [1.165, 1.54) is 0 Å². The quantitative estimate of drug-likeness (QED) is 0.451. The van der Waals surface area contributed by atoms with Gasteiger partial charge in [0.05, 0.1) is 0 Å². The minimum Gasteiger partial charge on any atom is -0.391 e. The molecule has 3 heteroatoms. The zero-order valence-corrected chi connectivity index (χ0v) is 9.42. The van der Waals surface area contributed by atoms with E-state index >= 15 is 0 Å². The fourth-order valence-corrected chi connectivity index (χ4v) is 4.22. The topological polar surface area (TPSA) is 43.4 Å². The molecule has 0 N–H and O–H groups in total. The molecule has 3 nitrogen and oxygen atoms in total. The SMILES string of the molecule is CC1(C)C2CCC1(C)C1(C2)C(=O)OC1=O. The van der Waals surface area contributed by atoms with Crippen LogP contribution >= 0.6 is 0 Å². The molecule has 0 amide bonds. The van der Waals surface area contributed by atoms with Crippen molar-refractivity contribution in [2.24, 2.45) is 22.2 Å². The van der Waals surface area contributed by atoms with E-state index in [0.717, 1.165) is 12.8 Å². The smallest absolute Gasteiger partial charge is 0.331 e. The highest BCUT2D eigenvalue weighted by molar-refractivity contribution is 6.15. The van der Waals surface area contributed by atoms with E-state index in [4.69, 9.17) is 0 Å². The van der Waals surface area contributed by atoms with Crippen molar-refractivity contribution in [3.05, 3.63) is 0 Å². The molecule has 1 aliphatic heterocycles. The van der Waals surface area contributed by atoms with Gasteiger partial charge in [0.25, 0.3) is 0 Å². The van der Waals surface area contributed by atoms with Gasteiger partial charge in [-0.05, 0) is 36.0 Å². The monoisotopic (exact) mass is 208 g/mol. The summed E-state index contributed by atoms with van der Waals surface area (Å²) in [5.41, 5.74) is -0.876. The fraction of sp³-hybridized carbons (Fsp3) is 0.833. The third-order valence-electron chi connectivity index (χ3n) is 5.81. The molecule has 3 fully saturated rings. The summed E-state index contributed by atoms with van der Waals surface area (Å²) >= 11 is 0. The molecule has 2 aliphatic carbocycles. The predicted molar refractivity (Wildman–Crippen MR) is 52.8 cm³/mol. The molecule has 1 heterocycles. The second kappa shape index (κ2) is 2.13. The molecule has 2 atom stereocenters. The highest BCUT2D eigenvalue weighted by atomic mass is 16.6. The van der Waals surface area contributed by atoms with Crippen molar-refractivity contribution in [2.75, 3.05) is 0 Å². The first-order chi connectivity index (χ1) is 6.86. The lowest BCUT2D eigenvalue weighted by Gasteiger charge is -2.48. The van der Waals surface area contributed by atoms with E-state index in [9.17, 15) is 9.59 Å². The van der Waals surface area contributed by atoms with Gasteiger partial charge >= 0.3 is 11.9 Å². The Morgan fingerprint density at radius 3 is 2.07 bits per heavy atom. The van der Waals surface area contributed by atoms with Crippen LogP contribution < -0.4 is 0 Å². The largest absolute Gasteiger partial charge is 0.391 e. The molecule has 0 radical (unpaired) electrons.